The molecule has 2 unspecified atom stereocenters. The summed E-state index contributed by atoms with van der Waals surface area (Å²) in [6.07, 6.45) is -0.340. The predicted octanol–water partition coefficient (Wildman–Crippen LogP) is 1.17. The first-order valence-corrected chi connectivity index (χ1v) is 6.60. The van der Waals surface area contributed by atoms with E-state index in [-0.39, 0.29) is 12.3 Å². The van der Waals surface area contributed by atoms with Crippen molar-refractivity contribution >= 4 is 5.69 Å². The Hall–Kier alpha value is -1.10. The third-order valence-electron chi connectivity index (χ3n) is 3.63. The summed E-state index contributed by atoms with van der Waals surface area (Å²) in [5, 5.41) is 9.52. The molecule has 0 saturated carbocycles. The zero-order chi connectivity index (χ0) is 13.1. The summed E-state index contributed by atoms with van der Waals surface area (Å²) in [6, 6.07) is 8.56. The minimum absolute atomic E-state index is 0.0890. The molecule has 2 atom stereocenters. The Kier molecular flexibility index (Phi) is 4.22. The Morgan fingerprint density at radius 1 is 1.06 bits per heavy atom. The molecule has 0 aliphatic carbocycles. The highest BCUT2D eigenvalue weighted by molar-refractivity contribution is 5.48. The summed E-state index contributed by atoms with van der Waals surface area (Å²) < 4.78 is 0. The Bertz CT molecular complexity index is 367. The molecule has 0 aromatic heterocycles. The molecule has 1 heterocycles. The average molecular weight is 249 g/mol. The summed E-state index contributed by atoms with van der Waals surface area (Å²) in [5.41, 5.74) is 8.25. The van der Waals surface area contributed by atoms with Gasteiger partial charge in [-0.2, -0.15) is 0 Å². The normalized spacial score (nSPS) is 20.8. The summed E-state index contributed by atoms with van der Waals surface area (Å²) in [4.78, 5) is 4.44. The first kappa shape index (κ1) is 13.3. The number of piperazine rings is 1. The third-order valence-corrected chi connectivity index (χ3v) is 3.63. The van der Waals surface area contributed by atoms with Gasteiger partial charge in [0.15, 0.2) is 0 Å². The lowest BCUT2D eigenvalue weighted by molar-refractivity contribution is 0.0153. The van der Waals surface area contributed by atoms with E-state index in [9.17, 15) is 5.11 Å². The van der Waals surface area contributed by atoms with Crippen LogP contribution in [0.15, 0.2) is 24.3 Å². The fraction of sp³-hybridized carbons (Fsp3) is 0.571. The van der Waals surface area contributed by atoms with Crippen LogP contribution in [0.25, 0.3) is 0 Å². The van der Waals surface area contributed by atoms with Gasteiger partial charge in [-0.25, -0.2) is 0 Å². The topological polar surface area (TPSA) is 52.7 Å². The third kappa shape index (κ3) is 3.02. The van der Waals surface area contributed by atoms with Gasteiger partial charge in [-0.05, 0) is 31.5 Å². The molecule has 1 aromatic rings. The lowest BCUT2D eigenvalue weighted by Gasteiger charge is -2.37. The van der Waals surface area contributed by atoms with Crippen molar-refractivity contribution in [3.05, 3.63) is 29.8 Å². The molecular formula is C14H23N3O. The van der Waals surface area contributed by atoms with E-state index < -0.39 is 0 Å². The molecule has 0 radical (unpaired) electrons. The molecule has 1 aromatic carbocycles. The van der Waals surface area contributed by atoms with Gasteiger partial charge >= 0.3 is 0 Å². The maximum Gasteiger partial charge on any atom is 0.104 e. The molecule has 18 heavy (non-hydrogen) atoms. The molecule has 0 amide bonds. The van der Waals surface area contributed by atoms with Crippen LogP contribution in [0.5, 0.6) is 0 Å². The monoisotopic (exact) mass is 249 g/mol. The van der Waals surface area contributed by atoms with Crippen molar-refractivity contribution in [3.63, 3.8) is 0 Å². The second-order valence-electron chi connectivity index (χ2n) is 5.04. The molecule has 1 saturated heterocycles. The number of nitrogens with zero attached hydrogens (tertiary/aromatic N) is 2. The van der Waals surface area contributed by atoms with Gasteiger partial charge in [-0.1, -0.05) is 12.1 Å². The molecule has 2 rings (SSSR count). The Morgan fingerprint density at radius 2 is 1.61 bits per heavy atom. The van der Waals surface area contributed by atoms with Gasteiger partial charge in [0.25, 0.3) is 0 Å². The average Bonchev–Trinajstić information content (AvgIpc) is 2.39. The van der Waals surface area contributed by atoms with E-state index in [2.05, 4.69) is 34.1 Å². The fourth-order valence-electron chi connectivity index (χ4n) is 2.34. The van der Waals surface area contributed by atoms with Crippen molar-refractivity contribution in [1.29, 1.82) is 0 Å². The summed E-state index contributed by atoms with van der Waals surface area (Å²) in [5.74, 6) is 0. The van der Waals surface area contributed by atoms with Gasteiger partial charge < -0.3 is 15.7 Å². The van der Waals surface area contributed by atoms with E-state index in [1.54, 1.807) is 0 Å². The van der Waals surface area contributed by atoms with Crippen LogP contribution in [0, 0.1) is 0 Å². The fourth-order valence-corrected chi connectivity index (χ4v) is 2.34. The van der Waals surface area contributed by atoms with Gasteiger partial charge in [-0.3, -0.25) is 4.90 Å². The maximum atomic E-state index is 9.52. The van der Waals surface area contributed by atoms with Crippen LogP contribution in [0.2, 0.25) is 0 Å². The van der Waals surface area contributed by atoms with Crippen LogP contribution >= 0.6 is 0 Å². The highest BCUT2D eigenvalue weighted by Gasteiger charge is 2.19. The van der Waals surface area contributed by atoms with Crippen molar-refractivity contribution < 1.29 is 5.11 Å². The molecule has 3 N–H and O–H groups in total. The first-order valence-electron chi connectivity index (χ1n) is 6.60. The van der Waals surface area contributed by atoms with E-state index in [1.165, 1.54) is 11.3 Å². The number of hydrogen-bond acceptors (Lipinski definition) is 4. The first-order chi connectivity index (χ1) is 8.58. The zero-order valence-corrected chi connectivity index (χ0v) is 11.2. The van der Waals surface area contributed by atoms with Crippen LogP contribution in [0.3, 0.4) is 0 Å². The van der Waals surface area contributed by atoms with Crippen LogP contribution < -0.4 is 10.6 Å². The minimum Gasteiger partial charge on any atom is -0.379 e. The van der Waals surface area contributed by atoms with Crippen molar-refractivity contribution in [2.75, 3.05) is 31.1 Å². The van der Waals surface area contributed by atoms with Crippen LogP contribution in [0.1, 0.15) is 25.5 Å². The molecule has 1 aliphatic heterocycles. The van der Waals surface area contributed by atoms with E-state index in [0.717, 1.165) is 26.2 Å². The number of nitrogens with two attached hydrogens (primary N) is 1. The molecule has 100 valence electrons. The van der Waals surface area contributed by atoms with E-state index >= 15 is 0 Å². The molecular weight excluding hydrogens is 226 g/mol. The quantitative estimate of drug-likeness (QED) is 0.844. The van der Waals surface area contributed by atoms with Crippen LogP contribution in [-0.2, 0) is 0 Å². The lowest BCUT2D eigenvalue weighted by atomic mass is 10.1. The number of rotatable bonds is 3. The Balaban J connectivity index is 1.97. The van der Waals surface area contributed by atoms with Crippen LogP contribution in [0.4, 0.5) is 5.69 Å². The largest absolute Gasteiger partial charge is 0.379 e. The van der Waals surface area contributed by atoms with E-state index in [0.29, 0.717) is 0 Å². The second-order valence-corrected chi connectivity index (χ2v) is 5.04. The molecule has 4 nitrogen and oxygen atoms in total. The molecule has 4 heteroatoms. The highest BCUT2D eigenvalue weighted by Crippen LogP contribution is 2.19. The van der Waals surface area contributed by atoms with Crippen molar-refractivity contribution in [3.8, 4) is 0 Å². The van der Waals surface area contributed by atoms with Gasteiger partial charge in [0.2, 0.25) is 0 Å². The Labute approximate surface area is 109 Å². The van der Waals surface area contributed by atoms with E-state index in [4.69, 9.17) is 5.73 Å². The van der Waals surface area contributed by atoms with Crippen LogP contribution in [-0.4, -0.2) is 42.4 Å². The standard InChI is InChI=1S/C14H23N3O/c1-11(15)13-3-5-14(6-4-13)17-9-7-16(8-10-17)12(2)18/h3-6,11-12,18H,7-10,15H2,1-2H3. The van der Waals surface area contributed by atoms with Gasteiger partial charge in [-0.15, -0.1) is 0 Å². The molecule has 1 fully saturated rings. The molecule has 0 bridgehead atoms. The summed E-state index contributed by atoms with van der Waals surface area (Å²) in [6.45, 7) is 7.56. The SMILES string of the molecule is CC(N)c1ccc(N2CCN(C(C)O)CC2)cc1. The maximum absolute atomic E-state index is 9.52. The van der Waals surface area contributed by atoms with Crippen molar-refractivity contribution in [2.45, 2.75) is 26.1 Å². The van der Waals surface area contributed by atoms with Gasteiger partial charge in [0, 0.05) is 37.9 Å². The van der Waals surface area contributed by atoms with Gasteiger partial charge in [0.1, 0.15) is 6.23 Å². The minimum atomic E-state index is -0.340. The summed E-state index contributed by atoms with van der Waals surface area (Å²) >= 11 is 0. The van der Waals surface area contributed by atoms with Crippen molar-refractivity contribution in [1.82, 2.24) is 4.90 Å². The second kappa shape index (κ2) is 5.69. The number of aliphatic hydroxyl groups excluding tert-OH is 1. The lowest BCUT2D eigenvalue weighted by Crippen LogP contribution is -2.49. The number of anilines is 1. The predicted molar refractivity (Wildman–Crippen MR) is 74.5 cm³/mol. The zero-order valence-electron chi connectivity index (χ0n) is 11.2. The number of hydrogen-bond donors (Lipinski definition) is 2. The summed E-state index contributed by atoms with van der Waals surface area (Å²) in [7, 11) is 0. The molecule has 0 spiro atoms. The number of aliphatic hydroxyl groups is 1. The van der Waals surface area contributed by atoms with Crippen molar-refractivity contribution in [2.24, 2.45) is 5.73 Å². The highest BCUT2D eigenvalue weighted by atomic mass is 16.3. The van der Waals surface area contributed by atoms with Gasteiger partial charge in [0.05, 0.1) is 0 Å². The number of benzene rings is 1. The smallest absolute Gasteiger partial charge is 0.104 e. The molecule has 1 aliphatic rings. The Morgan fingerprint density at radius 3 is 2.06 bits per heavy atom. The van der Waals surface area contributed by atoms with E-state index in [1.807, 2.05) is 13.8 Å².